The van der Waals surface area contributed by atoms with Gasteiger partial charge in [0.15, 0.2) is 6.23 Å². The Hall–Kier alpha value is -2.36. The van der Waals surface area contributed by atoms with E-state index in [1.54, 1.807) is 0 Å². The lowest BCUT2D eigenvalue weighted by atomic mass is 10.2. The summed E-state index contributed by atoms with van der Waals surface area (Å²) >= 11 is 0. The smallest absolute Gasteiger partial charge is 0.232 e. The number of halogens is 1. The number of aliphatic hydroxyl groups excluding tert-OH is 2. The van der Waals surface area contributed by atoms with E-state index in [4.69, 9.17) is 9.84 Å². The van der Waals surface area contributed by atoms with Crippen LogP contribution in [0.2, 0.25) is 0 Å². The molecule has 1 saturated heterocycles. The molecule has 3 N–H and O–H groups in total. The Balaban J connectivity index is 1.65. The summed E-state index contributed by atoms with van der Waals surface area (Å²) in [5, 5.41) is 21.7. The van der Waals surface area contributed by atoms with Crippen molar-refractivity contribution in [3.05, 3.63) is 29.6 Å². The van der Waals surface area contributed by atoms with Crippen molar-refractivity contribution in [1.82, 2.24) is 4.90 Å². The van der Waals surface area contributed by atoms with Crippen molar-refractivity contribution in [2.45, 2.75) is 25.7 Å². The molecule has 0 saturated carbocycles. The van der Waals surface area contributed by atoms with Crippen LogP contribution in [-0.4, -0.2) is 65.2 Å². The molecule has 2 aliphatic heterocycles. The average Bonchev–Trinajstić information content (AvgIpc) is 2.63. The molecular weight excluding hydrogens is 343 g/mol. The molecule has 1 aromatic rings. The fourth-order valence-corrected chi connectivity index (χ4v) is 2.83. The number of amides is 1. The lowest BCUT2D eigenvalue weighted by molar-refractivity contribution is -0.115. The maximum atomic E-state index is 13.4. The van der Waals surface area contributed by atoms with Gasteiger partial charge < -0.3 is 25.2 Å². The van der Waals surface area contributed by atoms with Gasteiger partial charge in [0.05, 0.1) is 32.7 Å². The van der Waals surface area contributed by atoms with E-state index in [0.29, 0.717) is 44.2 Å². The lowest BCUT2D eigenvalue weighted by Crippen LogP contribution is -2.43. The van der Waals surface area contributed by atoms with Crippen LogP contribution < -0.4 is 5.32 Å². The fraction of sp³-hybridized carbons (Fsp3) is 0.471. The Morgan fingerprint density at radius 2 is 2.15 bits per heavy atom. The number of carbonyl (C=O) groups excluding carboxylic acids is 1. The summed E-state index contributed by atoms with van der Waals surface area (Å²) in [4.78, 5) is 22.7. The van der Waals surface area contributed by atoms with Crippen LogP contribution in [0.1, 0.15) is 18.4 Å². The molecule has 1 atom stereocenters. The Bertz CT molecular complexity index is 731. The average molecular weight is 364 g/mol. The summed E-state index contributed by atoms with van der Waals surface area (Å²) in [6, 6.07) is 3.96. The van der Waals surface area contributed by atoms with Gasteiger partial charge in [0.25, 0.3) is 0 Å². The van der Waals surface area contributed by atoms with Crippen molar-refractivity contribution in [1.29, 1.82) is 0 Å². The lowest BCUT2D eigenvalue weighted by Gasteiger charge is -2.31. The number of anilines is 1. The molecule has 2 heterocycles. The van der Waals surface area contributed by atoms with Gasteiger partial charge in [-0.3, -0.25) is 4.79 Å². The zero-order valence-corrected chi connectivity index (χ0v) is 14.2. The quantitative estimate of drug-likeness (QED) is 0.721. The SMILES string of the molecule is O=C(CC1=NC(O)CC(N2CCOCC2)=N1)Nc1ccc(F)c(CO)c1. The van der Waals surface area contributed by atoms with Crippen molar-refractivity contribution in [2.75, 3.05) is 31.6 Å². The van der Waals surface area contributed by atoms with Crippen molar-refractivity contribution in [2.24, 2.45) is 9.98 Å². The molecule has 0 bridgehead atoms. The number of nitrogens with zero attached hydrogens (tertiary/aromatic N) is 3. The molecule has 1 aromatic carbocycles. The monoisotopic (exact) mass is 364 g/mol. The molecule has 0 aromatic heterocycles. The first-order valence-corrected chi connectivity index (χ1v) is 8.39. The van der Waals surface area contributed by atoms with Crippen molar-refractivity contribution in [3.8, 4) is 0 Å². The van der Waals surface area contributed by atoms with Gasteiger partial charge >= 0.3 is 0 Å². The number of nitrogens with one attached hydrogen (secondary N) is 1. The van der Waals surface area contributed by atoms with Gasteiger partial charge in [0, 0.05) is 24.3 Å². The van der Waals surface area contributed by atoms with Gasteiger partial charge in [-0.25, -0.2) is 14.4 Å². The Morgan fingerprint density at radius 3 is 2.88 bits per heavy atom. The molecule has 1 unspecified atom stereocenters. The van der Waals surface area contributed by atoms with Gasteiger partial charge in [-0.2, -0.15) is 0 Å². The van der Waals surface area contributed by atoms with Crippen LogP contribution in [0, 0.1) is 5.82 Å². The number of aliphatic hydroxyl groups is 2. The maximum Gasteiger partial charge on any atom is 0.232 e. The summed E-state index contributed by atoms with van der Waals surface area (Å²) in [6.07, 6.45) is -0.736. The highest BCUT2D eigenvalue weighted by Gasteiger charge is 2.23. The number of rotatable bonds is 4. The van der Waals surface area contributed by atoms with Gasteiger partial charge in [-0.05, 0) is 18.2 Å². The van der Waals surface area contributed by atoms with Gasteiger partial charge in [-0.15, -0.1) is 0 Å². The molecule has 2 aliphatic rings. The summed E-state index contributed by atoms with van der Waals surface area (Å²) in [5.74, 6) is 0.0126. The number of aliphatic imine (C=N–C) groups is 2. The molecule has 8 nitrogen and oxygen atoms in total. The van der Waals surface area contributed by atoms with Gasteiger partial charge in [0.1, 0.15) is 17.5 Å². The fourth-order valence-electron chi connectivity index (χ4n) is 2.83. The van der Waals surface area contributed by atoms with Crippen molar-refractivity contribution in [3.63, 3.8) is 0 Å². The topological polar surface area (TPSA) is 107 Å². The number of morpholine rings is 1. The molecular formula is C17H21FN4O4. The van der Waals surface area contributed by atoms with Crippen molar-refractivity contribution >= 4 is 23.3 Å². The third kappa shape index (κ3) is 4.63. The van der Waals surface area contributed by atoms with Gasteiger partial charge in [-0.1, -0.05) is 0 Å². The number of ether oxygens (including phenoxy) is 1. The second kappa shape index (κ2) is 8.35. The van der Waals surface area contributed by atoms with Crippen LogP contribution >= 0.6 is 0 Å². The highest BCUT2D eigenvalue weighted by atomic mass is 19.1. The molecule has 0 radical (unpaired) electrons. The van der Waals surface area contributed by atoms with Crippen molar-refractivity contribution < 1.29 is 24.1 Å². The van der Waals surface area contributed by atoms with E-state index in [1.165, 1.54) is 18.2 Å². The van der Waals surface area contributed by atoms with Gasteiger partial charge in [0.2, 0.25) is 5.91 Å². The predicted octanol–water partition coefficient (Wildman–Crippen LogP) is 0.498. The number of hydrogen-bond donors (Lipinski definition) is 3. The third-order valence-corrected chi connectivity index (χ3v) is 4.12. The van der Waals surface area contributed by atoms with E-state index < -0.39 is 24.6 Å². The van der Waals surface area contributed by atoms with Crippen LogP contribution in [0.3, 0.4) is 0 Å². The van der Waals surface area contributed by atoms with Crippen LogP contribution in [0.15, 0.2) is 28.2 Å². The first-order valence-electron chi connectivity index (χ1n) is 8.39. The van der Waals surface area contributed by atoms with E-state index >= 15 is 0 Å². The number of benzene rings is 1. The predicted molar refractivity (Wildman–Crippen MR) is 93.5 cm³/mol. The van der Waals surface area contributed by atoms with E-state index in [9.17, 15) is 14.3 Å². The highest BCUT2D eigenvalue weighted by molar-refractivity contribution is 6.10. The summed E-state index contributed by atoms with van der Waals surface area (Å²) in [6.45, 7) is 2.11. The van der Waals surface area contributed by atoms with E-state index in [2.05, 4.69) is 15.3 Å². The van der Waals surface area contributed by atoms with E-state index in [0.717, 1.165) is 0 Å². The Labute approximate surface area is 150 Å². The minimum Gasteiger partial charge on any atom is -0.392 e. The third-order valence-electron chi connectivity index (χ3n) is 4.12. The standard InChI is InChI=1S/C17H21FN4O4/c18-13-2-1-12(7-11(13)10-23)19-16(24)8-14-20-15(9-17(25)21-14)22-3-5-26-6-4-22/h1-2,7,17,23,25H,3-6,8-10H2,(H,19,24). The first-order chi connectivity index (χ1) is 12.5. The molecule has 3 rings (SSSR count). The van der Waals surface area contributed by atoms with Crippen LogP contribution in [0.4, 0.5) is 10.1 Å². The Kier molecular flexibility index (Phi) is 5.92. The summed E-state index contributed by atoms with van der Waals surface area (Å²) < 4.78 is 18.7. The molecule has 1 fully saturated rings. The first kappa shape index (κ1) is 18.4. The normalized spacial score (nSPS) is 20.4. The zero-order valence-electron chi connectivity index (χ0n) is 14.2. The molecule has 1 amide bonds. The maximum absolute atomic E-state index is 13.4. The molecule has 9 heteroatoms. The van der Waals surface area contributed by atoms with Crippen LogP contribution in [0.5, 0.6) is 0 Å². The minimum atomic E-state index is -0.931. The van der Waals surface area contributed by atoms with Crippen LogP contribution in [-0.2, 0) is 16.1 Å². The van der Waals surface area contributed by atoms with E-state index in [-0.39, 0.29) is 17.8 Å². The second-order valence-electron chi connectivity index (χ2n) is 6.05. The number of amidine groups is 2. The molecule has 0 spiro atoms. The van der Waals surface area contributed by atoms with Crippen LogP contribution in [0.25, 0.3) is 0 Å². The summed E-state index contributed by atoms with van der Waals surface area (Å²) in [5.41, 5.74) is 0.468. The minimum absolute atomic E-state index is 0.0980. The largest absolute Gasteiger partial charge is 0.392 e. The number of hydrogen-bond acceptors (Lipinski definition) is 7. The Morgan fingerprint density at radius 1 is 1.38 bits per heavy atom. The second-order valence-corrected chi connectivity index (χ2v) is 6.05. The summed E-state index contributed by atoms with van der Waals surface area (Å²) in [7, 11) is 0. The number of carbonyl (C=O) groups is 1. The zero-order chi connectivity index (χ0) is 18.5. The van der Waals surface area contributed by atoms with E-state index in [1.807, 2.05) is 4.90 Å². The highest BCUT2D eigenvalue weighted by Crippen LogP contribution is 2.16. The molecule has 26 heavy (non-hydrogen) atoms. The molecule has 140 valence electrons. The molecule has 0 aliphatic carbocycles.